The summed E-state index contributed by atoms with van der Waals surface area (Å²) in [7, 11) is 5.10. The Morgan fingerprint density at radius 1 is 0.374 bits per heavy atom. The van der Waals surface area contributed by atoms with Crippen LogP contribution in [-0.2, 0) is 36.0 Å². The predicted octanol–water partition coefficient (Wildman–Crippen LogP) is 16.3. The minimum atomic E-state index is -0.657. The molecule has 8 aliphatic heterocycles. The number of benzene rings is 4. The maximum Gasteiger partial charge on any atom is 0.216 e. The van der Waals surface area contributed by atoms with Crippen LogP contribution in [0.2, 0.25) is 0 Å². The van der Waals surface area contributed by atoms with E-state index in [1.54, 1.807) is 46.1 Å². The highest BCUT2D eigenvalue weighted by atomic mass is 16.5. The molecule has 0 radical (unpaired) electrons. The Labute approximate surface area is 802 Å². The Morgan fingerprint density at radius 3 is 1.01 bits per heavy atom. The zero-order chi connectivity index (χ0) is 93.9. The molecule has 3 unspecified atom stereocenters. The molecule has 1 saturated carbocycles. The lowest BCUT2D eigenvalue weighted by Crippen LogP contribution is -2.36. The molecule has 0 amide bonds. The number of rotatable bonds is 21. The molecule has 16 aromatic rings. The second kappa shape index (κ2) is 39.6. The number of ether oxygens (including phenoxy) is 8. The van der Waals surface area contributed by atoms with Gasteiger partial charge >= 0.3 is 0 Å². The SMILES string of the molecule is COc1cc(Nc2nc(-c3cnc4c(c3)CCCO4)cn3ccnc23)ccc1N1CC2COCC2C1.COc1cc(Nc2nc(-c3cnc4c(c3)CCCO4)cn3ccnc23)ccc1N1CCCC(CO)C1.COc1cc(Nc2nc(-c3cnc4c(c3)CCCO4)cn3ccnc23)ccc1N1CCC[C@H](CO)C1.OC1(c2ccc(Nc3nc(-c4cnc5c(c4)CCCO5)cn4ccnc34)cc2)CCC1. The summed E-state index contributed by atoms with van der Waals surface area (Å²) >= 11 is 0. The molecule has 4 atom stereocenters. The molecule has 4 aromatic carbocycles. The van der Waals surface area contributed by atoms with Gasteiger partial charge < -0.3 is 107 Å². The minimum Gasteiger partial charge on any atom is -0.495 e. The number of methoxy groups -OCH3 is 3. The van der Waals surface area contributed by atoms with Crippen LogP contribution in [0.25, 0.3) is 67.6 Å². The molecule has 34 nitrogen and oxygen atoms in total. The number of aryl methyl sites for hydroxylation is 4. The normalized spacial score (nSPS) is 18.2. The summed E-state index contributed by atoms with van der Waals surface area (Å²) in [5.74, 6) is 9.78. The molecule has 712 valence electrons. The topological polar surface area (TPSA) is 365 Å². The second-order valence-corrected chi connectivity index (χ2v) is 37.0. The summed E-state index contributed by atoms with van der Waals surface area (Å²) in [5.41, 5.74) is 21.5. The van der Waals surface area contributed by atoms with Crippen LogP contribution >= 0.6 is 0 Å². The van der Waals surface area contributed by atoms with Gasteiger partial charge in [0.1, 0.15) is 17.2 Å². The Morgan fingerprint density at radius 2 is 0.698 bits per heavy atom. The van der Waals surface area contributed by atoms with Crippen LogP contribution in [0, 0.1) is 23.7 Å². The molecule has 1 aliphatic carbocycles. The number of nitrogens with one attached hydrogen (secondary N) is 4. The van der Waals surface area contributed by atoms with Gasteiger partial charge in [-0.3, -0.25) is 0 Å². The van der Waals surface area contributed by atoms with Crippen LogP contribution in [0.4, 0.5) is 63.1 Å². The quantitative estimate of drug-likeness (QED) is 0.0351. The minimum absolute atomic E-state index is 0.216. The van der Waals surface area contributed by atoms with Gasteiger partial charge in [0.2, 0.25) is 23.5 Å². The van der Waals surface area contributed by atoms with Crippen molar-refractivity contribution in [2.45, 2.75) is 102 Å². The van der Waals surface area contributed by atoms with Crippen molar-refractivity contribution in [1.82, 2.24) is 77.4 Å². The van der Waals surface area contributed by atoms with E-state index in [4.69, 9.17) is 57.8 Å². The highest BCUT2D eigenvalue weighted by molar-refractivity contribution is 5.81. The number of hydrogen-bond donors (Lipinski definition) is 7. The van der Waals surface area contributed by atoms with Crippen molar-refractivity contribution in [3.63, 3.8) is 0 Å². The van der Waals surface area contributed by atoms with Crippen molar-refractivity contribution in [2.24, 2.45) is 23.7 Å². The summed E-state index contributed by atoms with van der Waals surface area (Å²) in [6.45, 7) is 10.6. The van der Waals surface area contributed by atoms with Crippen LogP contribution in [0.15, 0.2) is 202 Å². The Balaban J connectivity index is 0.000000107. The van der Waals surface area contributed by atoms with E-state index in [9.17, 15) is 15.3 Å². The van der Waals surface area contributed by atoms with Crippen LogP contribution in [0.3, 0.4) is 0 Å². The van der Waals surface area contributed by atoms with Gasteiger partial charge in [-0.1, -0.05) is 12.1 Å². The van der Waals surface area contributed by atoms with Crippen LogP contribution in [0.5, 0.6) is 40.8 Å². The maximum absolute atomic E-state index is 10.6. The summed E-state index contributed by atoms with van der Waals surface area (Å²) in [5, 5.41) is 43.6. The molecule has 20 heterocycles. The second-order valence-electron chi connectivity index (χ2n) is 37.0. The van der Waals surface area contributed by atoms with Crippen LogP contribution in [-0.4, -0.2) is 206 Å². The molecule has 5 fully saturated rings. The van der Waals surface area contributed by atoms with E-state index in [1.807, 2.05) is 147 Å². The molecular weight excluding hydrogens is 1760 g/mol. The van der Waals surface area contributed by atoms with Gasteiger partial charge in [0.15, 0.2) is 45.9 Å². The van der Waals surface area contributed by atoms with Crippen molar-refractivity contribution in [1.29, 1.82) is 0 Å². The molecule has 25 rings (SSSR count). The highest BCUT2D eigenvalue weighted by Gasteiger charge is 2.39. The third-order valence-electron chi connectivity index (χ3n) is 27.7. The highest BCUT2D eigenvalue weighted by Crippen LogP contribution is 2.45. The van der Waals surface area contributed by atoms with Gasteiger partial charge in [0.25, 0.3) is 0 Å². The number of aromatic nitrogens is 16. The fourth-order valence-corrected chi connectivity index (χ4v) is 20.1. The predicted molar refractivity (Wildman–Crippen MR) is 530 cm³/mol. The Hall–Kier alpha value is -15.0. The standard InChI is InChI=1S/C27H28N6O3.2C27H30N6O3.C24H23N5O2/c1-34-24-10-21(4-5-23(24)33-12-19-15-35-16-20(19)13-33)30-25-26-28-6-7-32(26)14-22(31-25)18-9-17-3-2-8-36-27(17)29-11-18;2*1-35-24-13-21(6-7-23(24)32-9-2-4-18(15-32)17-34)30-25-26-28-8-10-33(26)16-22(31-25)20-12-19-5-3-11-36-27(19)29-14-20;30-24(8-2-9-24)18-4-6-19(7-5-18)27-21-22-25-10-11-29(22)15-20(28-21)17-13-16-3-1-12-31-23(16)26-14-17/h4-7,9-11,14,19-20H,2-3,8,12-13,15-16H2,1H3,(H,30,31);2*6-8,10,12-14,16,18,34H,2-5,9,11,15,17H2,1H3,(H,30,31);4-7,10-11,13-15,30H,1-3,8-9,12H2,(H,27,28)/t;18-;;/m.0../s1. The van der Waals surface area contributed by atoms with E-state index < -0.39 is 5.60 Å². The third kappa shape index (κ3) is 19.0. The zero-order valence-corrected chi connectivity index (χ0v) is 78.0. The van der Waals surface area contributed by atoms with Gasteiger partial charge in [0, 0.05) is 249 Å². The number of pyridine rings is 4. The first-order valence-corrected chi connectivity index (χ1v) is 48.2. The van der Waals surface area contributed by atoms with Gasteiger partial charge in [0.05, 0.1) is 106 Å². The number of piperidine rings is 2. The van der Waals surface area contributed by atoms with Crippen molar-refractivity contribution < 1.29 is 53.2 Å². The van der Waals surface area contributed by atoms with E-state index in [1.165, 1.54) is 0 Å². The van der Waals surface area contributed by atoms with E-state index in [0.717, 1.165) is 338 Å². The first kappa shape index (κ1) is 89.2. The number of aliphatic hydroxyl groups excluding tert-OH is 2. The van der Waals surface area contributed by atoms with Crippen LogP contribution in [0.1, 0.15) is 98.4 Å². The van der Waals surface area contributed by atoms with E-state index >= 15 is 0 Å². The first-order valence-electron chi connectivity index (χ1n) is 48.2. The number of nitrogens with zero attached hydrogens (tertiary/aromatic N) is 19. The summed E-state index contributed by atoms with van der Waals surface area (Å²) in [6.07, 6.45) is 44.7. The molecule has 9 aliphatic rings. The average Bonchev–Trinajstić information content (AvgIpc) is 1.50. The lowest BCUT2D eigenvalue weighted by molar-refractivity contribution is -0.0387. The van der Waals surface area contributed by atoms with Gasteiger partial charge in [-0.15, -0.1) is 0 Å². The van der Waals surface area contributed by atoms with Crippen molar-refractivity contribution >= 4 is 85.7 Å². The number of imidazole rings is 4. The van der Waals surface area contributed by atoms with Crippen LogP contribution < -0.4 is 69.1 Å². The maximum atomic E-state index is 10.6. The third-order valence-corrected chi connectivity index (χ3v) is 27.7. The number of fused-ring (bicyclic) bond motifs is 9. The van der Waals surface area contributed by atoms with E-state index in [-0.39, 0.29) is 13.2 Å². The molecule has 12 aromatic heterocycles. The molecule has 34 heteroatoms. The number of anilines is 11. The smallest absolute Gasteiger partial charge is 0.216 e. The van der Waals surface area contributed by atoms with E-state index in [0.29, 0.717) is 60.2 Å². The molecular formula is C105H111N23O11. The molecule has 0 spiro atoms. The monoisotopic (exact) mass is 1870 g/mol. The summed E-state index contributed by atoms with van der Waals surface area (Å²) in [4.78, 5) is 62.7. The molecule has 7 N–H and O–H groups in total. The van der Waals surface area contributed by atoms with Gasteiger partial charge in [-0.2, -0.15) is 0 Å². The lowest BCUT2D eigenvalue weighted by atomic mass is 9.75. The fraction of sp³-hybridized carbons (Fsp3) is 0.352. The number of aliphatic hydroxyl groups is 3. The summed E-state index contributed by atoms with van der Waals surface area (Å²) < 4.78 is 53.5. The Kier molecular flexibility index (Phi) is 25.4. The Bertz CT molecular complexity index is 6660. The molecule has 4 saturated heterocycles. The first-order chi connectivity index (χ1) is 68.3. The van der Waals surface area contributed by atoms with Gasteiger partial charge in [-0.05, 0) is 187 Å². The average molecular weight is 1870 g/mol. The summed E-state index contributed by atoms with van der Waals surface area (Å²) in [6, 6.07) is 34.8. The van der Waals surface area contributed by atoms with Crippen molar-refractivity contribution in [2.75, 3.05) is 149 Å². The number of hydrogen-bond acceptors (Lipinski definition) is 30. The fourth-order valence-electron chi connectivity index (χ4n) is 20.1. The van der Waals surface area contributed by atoms with Crippen molar-refractivity contribution in [3.05, 3.63) is 230 Å². The van der Waals surface area contributed by atoms with Crippen molar-refractivity contribution in [3.8, 4) is 85.8 Å². The van der Waals surface area contributed by atoms with E-state index in [2.05, 4.69) is 124 Å². The largest absolute Gasteiger partial charge is 0.495 e. The zero-order valence-electron chi connectivity index (χ0n) is 78.0. The van der Waals surface area contributed by atoms with Gasteiger partial charge in [-0.25, -0.2) is 59.8 Å². The molecule has 139 heavy (non-hydrogen) atoms. The lowest BCUT2D eigenvalue weighted by Gasteiger charge is -2.37. The molecule has 0 bridgehead atoms.